The molecule has 0 fully saturated rings. The van der Waals surface area contributed by atoms with Gasteiger partial charge in [-0.05, 0) is 36.6 Å². The Labute approximate surface area is 176 Å². The standard InChI is InChI=1S/C25H25NO4/c1-18-11-9-10-16-22(18)29-17-23(27)30-19(2)25(28)26-24(20-12-5-3-6-13-20)21-14-7-4-8-15-21/h3-16,19,24H,17H2,1-2H3,(H,26,28)/t19-/m1/s1. The molecule has 0 saturated carbocycles. The Kier molecular flexibility index (Phi) is 7.22. The van der Waals surface area contributed by atoms with E-state index in [9.17, 15) is 9.59 Å². The first-order chi connectivity index (χ1) is 14.5. The van der Waals surface area contributed by atoms with Gasteiger partial charge in [-0.2, -0.15) is 0 Å². The quantitative estimate of drug-likeness (QED) is 0.572. The molecule has 3 aromatic carbocycles. The van der Waals surface area contributed by atoms with E-state index in [4.69, 9.17) is 9.47 Å². The molecule has 5 heteroatoms. The SMILES string of the molecule is Cc1ccccc1OCC(=O)O[C@H](C)C(=O)NC(c1ccccc1)c1ccccc1. The summed E-state index contributed by atoms with van der Waals surface area (Å²) in [6.45, 7) is 3.18. The highest BCUT2D eigenvalue weighted by Gasteiger charge is 2.23. The highest BCUT2D eigenvalue weighted by Crippen LogP contribution is 2.22. The van der Waals surface area contributed by atoms with Gasteiger partial charge >= 0.3 is 5.97 Å². The van der Waals surface area contributed by atoms with Crippen LogP contribution < -0.4 is 10.1 Å². The molecular formula is C25H25NO4. The first-order valence-electron chi connectivity index (χ1n) is 9.83. The molecule has 0 spiro atoms. The van der Waals surface area contributed by atoms with E-state index in [1.54, 1.807) is 13.0 Å². The number of benzene rings is 3. The molecule has 5 nitrogen and oxygen atoms in total. The summed E-state index contributed by atoms with van der Waals surface area (Å²) < 4.78 is 10.8. The van der Waals surface area contributed by atoms with Gasteiger partial charge in [0.1, 0.15) is 5.75 Å². The topological polar surface area (TPSA) is 64.6 Å². The number of esters is 1. The van der Waals surface area contributed by atoms with E-state index in [0.717, 1.165) is 16.7 Å². The maximum Gasteiger partial charge on any atom is 0.344 e. The molecule has 0 heterocycles. The molecule has 1 N–H and O–H groups in total. The third-order valence-electron chi connectivity index (χ3n) is 4.67. The van der Waals surface area contributed by atoms with Gasteiger partial charge in [0.2, 0.25) is 0 Å². The number of aryl methyl sites for hydroxylation is 1. The lowest BCUT2D eigenvalue weighted by atomic mass is 9.98. The van der Waals surface area contributed by atoms with Crippen LogP contribution in [0.25, 0.3) is 0 Å². The molecule has 1 atom stereocenters. The second-order valence-electron chi connectivity index (χ2n) is 6.95. The van der Waals surface area contributed by atoms with E-state index in [-0.39, 0.29) is 18.6 Å². The van der Waals surface area contributed by atoms with E-state index in [0.29, 0.717) is 5.75 Å². The van der Waals surface area contributed by atoms with Gasteiger partial charge in [-0.15, -0.1) is 0 Å². The van der Waals surface area contributed by atoms with Crippen LogP contribution in [0.1, 0.15) is 29.7 Å². The van der Waals surface area contributed by atoms with E-state index in [1.807, 2.05) is 85.8 Å². The van der Waals surface area contributed by atoms with Crippen molar-refractivity contribution in [1.82, 2.24) is 5.32 Å². The molecule has 0 bridgehead atoms. The third kappa shape index (κ3) is 5.70. The average molecular weight is 403 g/mol. The molecule has 3 aromatic rings. The van der Waals surface area contributed by atoms with Crippen LogP contribution in [0, 0.1) is 6.92 Å². The summed E-state index contributed by atoms with van der Waals surface area (Å²) in [5, 5.41) is 2.98. The monoisotopic (exact) mass is 403 g/mol. The molecule has 0 unspecified atom stereocenters. The van der Waals surface area contributed by atoms with E-state index in [2.05, 4.69) is 5.32 Å². The van der Waals surface area contributed by atoms with Crippen LogP contribution in [0.2, 0.25) is 0 Å². The van der Waals surface area contributed by atoms with Crippen LogP contribution in [-0.2, 0) is 14.3 Å². The molecule has 30 heavy (non-hydrogen) atoms. The lowest BCUT2D eigenvalue weighted by Crippen LogP contribution is -2.39. The van der Waals surface area contributed by atoms with Gasteiger partial charge in [0.05, 0.1) is 6.04 Å². The van der Waals surface area contributed by atoms with Crippen LogP contribution in [-0.4, -0.2) is 24.6 Å². The summed E-state index contributed by atoms with van der Waals surface area (Å²) in [6, 6.07) is 26.4. The van der Waals surface area contributed by atoms with Gasteiger partial charge < -0.3 is 14.8 Å². The van der Waals surface area contributed by atoms with Crippen molar-refractivity contribution in [2.75, 3.05) is 6.61 Å². The molecular weight excluding hydrogens is 378 g/mol. The zero-order valence-electron chi connectivity index (χ0n) is 17.1. The number of nitrogens with one attached hydrogen (secondary N) is 1. The fraction of sp³-hybridized carbons (Fsp3) is 0.200. The van der Waals surface area contributed by atoms with Crippen molar-refractivity contribution < 1.29 is 19.1 Å². The van der Waals surface area contributed by atoms with E-state index < -0.39 is 12.1 Å². The predicted molar refractivity (Wildman–Crippen MR) is 115 cm³/mol. The maximum atomic E-state index is 12.7. The fourth-order valence-electron chi connectivity index (χ4n) is 3.05. The number of hydrogen-bond acceptors (Lipinski definition) is 4. The van der Waals surface area contributed by atoms with Crippen molar-refractivity contribution in [3.05, 3.63) is 102 Å². The number of carbonyl (C=O) groups is 2. The summed E-state index contributed by atoms with van der Waals surface area (Å²) in [4.78, 5) is 24.9. The van der Waals surface area contributed by atoms with Crippen molar-refractivity contribution >= 4 is 11.9 Å². The summed E-state index contributed by atoms with van der Waals surface area (Å²) >= 11 is 0. The number of para-hydroxylation sites is 1. The number of rotatable bonds is 8. The molecule has 0 aliphatic heterocycles. The van der Waals surface area contributed by atoms with Crippen molar-refractivity contribution in [3.8, 4) is 5.75 Å². The first-order valence-corrected chi connectivity index (χ1v) is 9.83. The van der Waals surface area contributed by atoms with Gasteiger partial charge in [-0.3, -0.25) is 4.79 Å². The molecule has 1 amide bonds. The van der Waals surface area contributed by atoms with Crippen LogP contribution >= 0.6 is 0 Å². The summed E-state index contributed by atoms with van der Waals surface area (Å²) in [5.41, 5.74) is 2.81. The Morgan fingerprint density at radius 1 is 0.833 bits per heavy atom. The molecule has 0 radical (unpaired) electrons. The highest BCUT2D eigenvalue weighted by molar-refractivity contribution is 5.84. The first kappa shape index (κ1) is 21.1. The third-order valence-corrected chi connectivity index (χ3v) is 4.67. The summed E-state index contributed by atoms with van der Waals surface area (Å²) in [6.07, 6.45) is -0.951. The smallest absolute Gasteiger partial charge is 0.344 e. The van der Waals surface area contributed by atoms with Gasteiger partial charge in [0.15, 0.2) is 12.7 Å². The zero-order valence-corrected chi connectivity index (χ0v) is 17.1. The van der Waals surface area contributed by atoms with E-state index >= 15 is 0 Å². The minimum Gasteiger partial charge on any atom is -0.482 e. The number of amides is 1. The normalized spacial score (nSPS) is 11.6. The number of hydrogen-bond donors (Lipinski definition) is 1. The highest BCUT2D eigenvalue weighted by atomic mass is 16.6. The molecule has 0 aromatic heterocycles. The zero-order chi connectivity index (χ0) is 21.3. The van der Waals surface area contributed by atoms with Gasteiger partial charge in [-0.1, -0.05) is 78.9 Å². The fourth-order valence-corrected chi connectivity index (χ4v) is 3.05. The lowest BCUT2D eigenvalue weighted by molar-refractivity contribution is -0.156. The average Bonchev–Trinajstić information content (AvgIpc) is 2.78. The van der Waals surface area contributed by atoms with Crippen LogP contribution in [0.5, 0.6) is 5.75 Å². The Morgan fingerprint density at radius 3 is 1.93 bits per heavy atom. The largest absolute Gasteiger partial charge is 0.482 e. The van der Waals surface area contributed by atoms with Crippen molar-refractivity contribution in [2.45, 2.75) is 26.0 Å². The van der Waals surface area contributed by atoms with Crippen molar-refractivity contribution in [2.24, 2.45) is 0 Å². The second kappa shape index (κ2) is 10.3. The Bertz CT molecular complexity index is 933. The minimum atomic E-state index is -0.951. The number of carbonyl (C=O) groups excluding carboxylic acids is 2. The van der Waals surface area contributed by atoms with Gasteiger partial charge in [-0.25, -0.2) is 4.79 Å². The molecule has 154 valence electrons. The van der Waals surface area contributed by atoms with Crippen LogP contribution in [0.4, 0.5) is 0 Å². The van der Waals surface area contributed by atoms with Crippen molar-refractivity contribution in [1.29, 1.82) is 0 Å². The Morgan fingerprint density at radius 2 is 1.37 bits per heavy atom. The second-order valence-corrected chi connectivity index (χ2v) is 6.95. The van der Waals surface area contributed by atoms with Crippen LogP contribution in [0.3, 0.4) is 0 Å². The molecule has 3 rings (SSSR count). The summed E-state index contributed by atoms with van der Waals surface area (Å²) in [7, 11) is 0. The molecule has 0 aliphatic rings. The number of ether oxygens (including phenoxy) is 2. The predicted octanol–water partition coefficient (Wildman–Crippen LogP) is 4.21. The van der Waals surface area contributed by atoms with E-state index in [1.165, 1.54) is 0 Å². The minimum absolute atomic E-state index is 0.261. The Balaban J connectivity index is 1.61. The van der Waals surface area contributed by atoms with Gasteiger partial charge in [0.25, 0.3) is 5.91 Å². The van der Waals surface area contributed by atoms with Crippen molar-refractivity contribution in [3.63, 3.8) is 0 Å². The maximum absolute atomic E-state index is 12.7. The molecule has 0 aliphatic carbocycles. The summed E-state index contributed by atoms with van der Waals surface area (Å²) in [5.74, 6) is -0.367. The lowest BCUT2D eigenvalue weighted by Gasteiger charge is -2.22. The molecule has 0 saturated heterocycles. The van der Waals surface area contributed by atoms with Gasteiger partial charge in [0, 0.05) is 0 Å². The Hall–Kier alpha value is -3.60. The van der Waals surface area contributed by atoms with Crippen LogP contribution in [0.15, 0.2) is 84.9 Å².